The predicted molar refractivity (Wildman–Crippen MR) is 231 cm³/mol. The lowest BCUT2D eigenvalue weighted by atomic mass is 10.0. The highest BCUT2D eigenvalue weighted by molar-refractivity contribution is 7.27. The van der Waals surface area contributed by atoms with Gasteiger partial charge in [-0.2, -0.15) is 0 Å². The molecule has 0 spiro atoms. The molecule has 0 N–H and O–H groups in total. The first-order chi connectivity index (χ1) is 25.8. The van der Waals surface area contributed by atoms with Crippen molar-refractivity contribution in [3.63, 3.8) is 0 Å². The summed E-state index contributed by atoms with van der Waals surface area (Å²) in [4.78, 5) is 2.45. The number of rotatable bonds is 5. The molecular weight excluding hydrogens is 687 g/mol. The van der Waals surface area contributed by atoms with Gasteiger partial charge in [-0.1, -0.05) is 121 Å². The van der Waals surface area contributed by atoms with Gasteiger partial charge in [-0.25, -0.2) is 0 Å². The van der Waals surface area contributed by atoms with Crippen LogP contribution >= 0.6 is 34.0 Å². The van der Waals surface area contributed by atoms with Gasteiger partial charge < -0.3 is 4.90 Å². The standard InChI is InChI=1S/C48H29NS3/c1-4-19-43-36(12-1)39-27-24-31(29-46(39)50-43)30-22-25-33(26-23-30)49(42-18-9-17-41-38-14-3-6-21-45(38)52-48(41)42)34-11-7-10-32(28-34)35-15-8-16-40-37-13-2-5-20-44(37)51-47(35)40/h1-29H. The first kappa shape index (κ1) is 29.9. The van der Waals surface area contributed by atoms with Gasteiger partial charge in [0.2, 0.25) is 0 Å². The Morgan fingerprint density at radius 3 is 1.62 bits per heavy atom. The maximum Gasteiger partial charge on any atom is 0.0640 e. The number of fused-ring (bicyclic) bond motifs is 9. The molecule has 244 valence electrons. The van der Waals surface area contributed by atoms with Crippen LogP contribution in [0.5, 0.6) is 0 Å². The van der Waals surface area contributed by atoms with Crippen molar-refractivity contribution in [3.05, 3.63) is 176 Å². The molecule has 4 heteroatoms. The summed E-state index contributed by atoms with van der Waals surface area (Å²) >= 11 is 5.63. The number of hydrogen-bond acceptors (Lipinski definition) is 4. The molecule has 0 saturated heterocycles. The van der Waals surface area contributed by atoms with E-state index in [0.29, 0.717) is 0 Å². The molecular formula is C48H29NS3. The van der Waals surface area contributed by atoms with Crippen LogP contribution in [0.4, 0.5) is 17.1 Å². The molecule has 11 aromatic rings. The fourth-order valence-electron chi connectivity index (χ4n) is 7.83. The topological polar surface area (TPSA) is 3.24 Å². The number of nitrogens with zero attached hydrogens (tertiary/aromatic N) is 1. The van der Waals surface area contributed by atoms with Crippen molar-refractivity contribution in [1.29, 1.82) is 0 Å². The molecule has 0 aliphatic rings. The van der Waals surface area contributed by atoms with Gasteiger partial charge in [0.15, 0.2) is 0 Å². The van der Waals surface area contributed by atoms with Crippen LogP contribution in [-0.2, 0) is 0 Å². The minimum Gasteiger partial charge on any atom is -0.309 e. The van der Waals surface area contributed by atoms with Crippen molar-refractivity contribution in [3.8, 4) is 22.3 Å². The molecule has 0 unspecified atom stereocenters. The smallest absolute Gasteiger partial charge is 0.0640 e. The molecule has 0 fully saturated rings. The first-order valence-corrected chi connectivity index (χ1v) is 19.9. The van der Waals surface area contributed by atoms with Gasteiger partial charge in [-0.05, 0) is 76.9 Å². The van der Waals surface area contributed by atoms with Gasteiger partial charge in [-0.15, -0.1) is 34.0 Å². The van der Waals surface area contributed by atoms with Crippen molar-refractivity contribution in [2.75, 3.05) is 4.90 Å². The van der Waals surface area contributed by atoms with E-state index in [1.165, 1.54) is 88.5 Å². The lowest BCUT2D eigenvalue weighted by molar-refractivity contribution is 1.30. The van der Waals surface area contributed by atoms with E-state index in [2.05, 4.69) is 181 Å². The lowest BCUT2D eigenvalue weighted by Gasteiger charge is -2.27. The summed E-state index contributed by atoms with van der Waals surface area (Å²) in [6.45, 7) is 0. The summed E-state index contributed by atoms with van der Waals surface area (Å²) in [6.07, 6.45) is 0. The lowest BCUT2D eigenvalue weighted by Crippen LogP contribution is -2.10. The number of benzene rings is 8. The summed E-state index contributed by atoms with van der Waals surface area (Å²) in [5.41, 5.74) is 8.41. The minimum absolute atomic E-state index is 1.13. The number of hydrogen-bond donors (Lipinski definition) is 0. The summed E-state index contributed by atoms with van der Waals surface area (Å²) in [5.74, 6) is 0. The average molecular weight is 716 g/mol. The molecule has 0 amide bonds. The second kappa shape index (κ2) is 11.9. The van der Waals surface area contributed by atoms with Crippen molar-refractivity contribution in [2.24, 2.45) is 0 Å². The molecule has 1 nitrogen and oxygen atoms in total. The van der Waals surface area contributed by atoms with Crippen LogP contribution in [0, 0.1) is 0 Å². The van der Waals surface area contributed by atoms with Crippen LogP contribution in [0.15, 0.2) is 176 Å². The van der Waals surface area contributed by atoms with E-state index in [1.54, 1.807) is 0 Å². The fraction of sp³-hybridized carbons (Fsp3) is 0. The van der Waals surface area contributed by atoms with Gasteiger partial charge >= 0.3 is 0 Å². The molecule has 52 heavy (non-hydrogen) atoms. The second-order valence-corrected chi connectivity index (χ2v) is 16.5. The zero-order valence-corrected chi connectivity index (χ0v) is 30.4. The molecule has 3 aromatic heterocycles. The van der Waals surface area contributed by atoms with Crippen LogP contribution in [0.2, 0.25) is 0 Å². The van der Waals surface area contributed by atoms with E-state index in [1.807, 2.05) is 34.0 Å². The maximum absolute atomic E-state index is 2.45. The van der Waals surface area contributed by atoms with Gasteiger partial charge in [0.25, 0.3) is 0 Å². The Bertz CT molecular complexity index is 3140. The Hall–Kier alpha value is -5.78. The molecule has 0 atom stereocenters. The quantitative estimate of drug-likeness (QED) is 0.171. The van der Waals surface area contributed by atoms with Crippen LogP contribution in [0.1, 0.15) is 0 Å². The van der Waals surface area contributed by atoms with Crippen LogP contribution in [0.3, 0.4) is 0 Å². The normalized spacial score (nSPS) is 11.8. The highest BCUT2D eigenvalue weighted by Crippen LogP contribution is 2.47. The fourth-order valence-corrected chi connectivity index (χ4v) is 11.4. The van der Waals surface area contributed by atoms with Crippen molar-refractivity contribution in [2.45, 2.75) is 0 Å². The highest BCUT2D eigenvalue weighted by Gasteiger charge is 2.20. The third kappa shape index (κ3) is 4.72. The van der Waals surface area contributed by atoms with Crippen LogP contribution < -0.4 is 4.90 Å². The Kier molecular flexibility index (Phi) is 6.84. The molecule has 8 aromatic carbocycles. The summed E-state index contributed by atoms with van der Waals surface area (Å²) in [5, 5.41) is 7.91. The zero-order valence-electron chi connectivity index (χ0n) is 27.9. The van der Waals surface area contributed by atoms with Gasteiger partial charge in [0, 0.05) is 67.2 Å². The average Bonchev–Trinajstić information content (AvgIpc) is 3.90. The Balaban J connectivity index is 1.07. The summed E-state index contributed by atoms with van der Waals surface area (Å²) in [6, 6.07) is 64.9. The molecule has 11 rings (SSSR count). The minimum atomic E-state index is 1.13. The molecule has 0 aliphatic carbocycles. The Labute approximate surface area is 312 Å². The van der Waals surface area contributed by atoms with Gasteiger partial charge in [0.1, 0.15) is 0 Å². The highest BCUT2D eigenvalue weighted by atomic mass is 32.1. The van der Waals surface area contributed by atoms with E-state index in [-0.39, 0.29) is 0 Å². The second-order valence-electron chi connectivity index (χ2n) is 13.3. The largest absolute Gasteiger partial charge is 0.309 e. The predicted octanol–water partition coefficient (Wildman–Crippen LogP) is 15.6. The van der Waals surface area contributed by atoms with Crippen LogP contribution in [0.25, 0.3) is 82.8 Å². The van der Waals surface area contributed by atoms with E-state index in [4.69, 9.17) is 0 Å². The molecule has 0 aliphatic heterocycles. The number of anilines is 3. The zero-order chi connectivity index (χ0) is 34.2. The van der Waals surface area contributed by atoms with Crippen molar-refractivity contribution in [1.82, 2.24) is 0 Å². The molecule has 0 radical (unpaired) electrons. The Morgan fingerprint density at radius 2 is 0.865 bits per heavy atom. The first-order valence-electron chi connectivity index (χ1n) is 17.5. The van der Waals surface area contributed by atoms with E-state index >= 15 is 0 Å². The van der Waals surface area contributed by atoms with E-state index in [9.17, 15) is 0 Å². The maximum atomic E-state index is 2.45. The summed E-state index contributed by atoms with van der Waals surface area (Å²) in [7, 11) is 0. The van der Waals surface area contributed by atoms with Gasteiger partial charge in [-0.3, -0.25) is 0 Å². The third-order valence-electron chi connectivity index (χ3n) is 10.3. The van der Waals surface area contributed by atoms with Crippen molar-refractivity contribution < 1.29 is 0 Å². The number of thiophene rings is 3. The summed E-state index contributed by atoms with van der Waals surface area (Å²) < 4.78 is 7.92. The Morgan fingerprint density at radius 1 is 0.308 bits per heavy atom. The van der Waals surface area contributed by atoms with Crippen molar-refractivity contribution >= 4 is 112 Å². The molecule has 0 saturated carbocycles. The molecule has 0 bridgehead atoms. The SMILES string of the molecule is c1cc(-c2cccc3c2sc2ccccc23)cc(N(c2ccc(-c3ccc4c(c3)sc3ccccc34)cc2)c2cccc3c2sc2ccccc23)c1. The third-order valence-corrected chi connectivity index (χ3v) is 13.8. The van der Waals surface area contributed by atoms with Gasteiger partial charge in [0.05, 0.1) is 10.4 Å². The van der Waals surface area contributed by atoms with Crippen LogP contribution in [-0.4, -0.2) is 0 Å². The van der Waals surface area contributed by atoms with E-state index in [0.717, 1.165) is 11.4 Å². The monoisotopic (exact) mass is 715 g/mol. The van der Waals surface area contributed by atoms with E-state index < -0.39 is 0 Å². The molecule has 3 heterocycles.